The number of para-hydroxylation sites is 1. The third kappa shape index (κ3) is 5.13. The molecule has 9 aromatic carbocycles. The highest BCUT2D eigenvalue weighted by Crippen LogP contribution is 2.53. The summed E-state index contributed by atoms with van der Waals surface area (Å²) in [4.78, 5) is 12.4. The van der Waals surface area contributed by atoms with Crippen LogP contribution in [0.1, 0.15) is 16.7 Å². The molecule has 10 aromatic rings. The Morgan fingerprint density at radius 2 is 1.20 bits per heavy atom. The number of hydrogen-bond acceptors (Lipinski definition) is 3. The lowest BCUT2D eigenvalue weighted by molar-refractivity contribution is 0.669. The molecule has 0 amide bonds. The molecule has 0 radical (unpaired) electrons. The quantitative estimate of drug-likeness (QED) is 0.146. The van der Waals surface area contributed by atoms with E-state index in [1.807, 2.05) is 66.9 Å². The summed E-state index contributed by atoms with van der Waals surface area (Å²) in [5.74, 6) is 0.586. The minimum atomic E-state index is 0.138. The van der Waals surface area contributed by atoms with Gasteiger partial charge in [0.2, 0.25) is 0 Å². The van der Waals surface area contributed by atoms with Crippen molar-refractivity contribution in [3.05, 3.63) is 199 Å². The third-order valence-corrected chi connectivity index (χ3v) is 10.9. The number of nitrogens with zero attached hydrogens (tertiary/aromatic N) is 3. The van der Waals surface area contributed by atoms with Crippen LogP contribution in [0.15, 0.2) is 196 Å². The van der Waals surface area contributed by atoms with Gasteiger partial charge in [0.05, 0.1) is 17.1 Å². The summed E-state index contributed by atoms with van der Waals surface area (Å²) in [5.41, 5.74) is 9.83. The maximum Gasteiger partial charge on any atom is 0.162 e. The Morgan fingerprint density at radius 3 is 2.05 bits per heavy atom. The van der Waals surface area contributed by atoms with Crippen LogP contribution in [-0.2, 0) is 0 Å². The Morgan fingerprint density at radius 1 is 0.500 bits per heavy atom. The first-order chi connectivity index (χ1) is 27.7. The van der Waals surface area contributed by atoms with E-state index in [4.69, 9.17) is 19.8 Å². The molecule has 0 saturated carbocycles. The van der Waals surface area contributed by atoms with Gasteiger partial charge in [-0.15, -0.1) is 0 Å². The zero-order chi connectivity index (χ0) is 37.2. The lowest BCUT2D eigenvalue weighted by Crippen LogP contribution is -2.16. The number of rotatable bonds is 4. The predicted molar refractivity (Wildman–Crippen MR) is 234 cm³/mol. The van der Waals surface area contributed by atoms with Crippen molar-refractivity contribution in [2.75, 3.05) is 4.90 Å². The van der Waals surface area contributed by atoms with Gasteiger partial charge in [0.25, 0.3) is 0 Å². The Balaban J connectivity index is 1.10. The van der Waals surface area contributed by atoms with Gasteiger partial charge >= 0.3 is 0 Å². The summed E-state index contributed by atoms with van der Waals surface area (Å²) in [6, 6.07) is 62.9. The summed E-state index contributed by atoms with van der Waals surface area (Å²) in [7, 11) is 0. The van der Waals surface area contributed by atoms with Gasteiger partial charge < -0.3 is 9.32 Å². The fourth-order valence-corrected chi connectivity index (χ4v) is 8.31. The molecule has 0 spiro atoms. The standard InChI is InChI=1S/C51H32N4O/c52-50(34-12-2-1-3-13-34)54-51(53-31-32-24-25-40-39-20-8-9-23-47(39)56-48(40)28-32)42-26-27-44(38-19-7-6-18-37(38)42)55-45-22-11-17-33-16-10-21-41(49(33)45)43-29-35-14-4-5-15-36(35)30-46(43)55/h1-31,52H. The molecule has 56 heavy (non-hydrogen) atoms. The van der Waals surface area contributed by atoms with Gasteiger partial charge in [-0.2, -0.15) is 0 Å². The van der Waals surface area contributed by atoms with Gasteiger partial charge in [0, 0.05) is 44.4 Å². The minimum absolute atomic E-state index is 0.138. The predicted octanol–water partition coefficient (Wildman–Crippen LogP) is 13.4. The van der Waals surface area contributed by atoms with Crippen LogP contribution in [0.4, 0.5) is 17.1 Å². The second-order valence-corrected chi connectivity index (χ2v) is 14.2. The topological polar surface area (TPSA) is 65.0 Å². The summed E-state index contributed by atoms with van der Waals surface area (Å²) in [5, 5.41) is 18.1. The van der Waals surface area contributed by atoms with Gasteiger partial charge in [-0.3, -0.25) is 5.41 Å². The van der Waals surface area contributed by atoms with Gasteiger partial charge in [-0.05, 0) is 81.2 Å². The maximum absolute atomic E-state index is 9.07. The molecule has 5 heteroatoms. The highest BCUT2D eigenvalue weighted by atomic mass is 16.3. The van der Waals surface area contributed by atoms with Crippen LogP contribution in [-0.4, -0.2) is 17.9 Å². The number of benzene rings is 9. The molecule has 0 saturated heterocycles. The fourth-order valence-electron chi connectivity index (χ4n) is 8.31. The van der Waals surface area contributed by atoms with Crippen LogP contribution >= 0.6 is 0 Å². The van der Waals surface area contributed by atoms with Crippen LogP contribution in [0.3, 0.4) is 0 Å². The van der Waals surface area contributed by atoms with Gasteiger partial charge in [0.15, 0.2) is 11.7 Å². The van der Waals surface area contributed by atoms with Gasteiger partial charge in [0.1, 0.15) is 11.2 Å². The zero-order valence-electron chi connectivity index (χ0n) is 30.1. The molecule has 1 aliphatic rings. The number of fused-ring (bicyclic) bond motifs is 7. The van der Waals surface area contributed by atoms with Gasteiger partial charge in [-0.25, -0.2) is 9.98 Å². The van der Waals surface area contributed by atoms with E-state index < -0.39 is 0 Å². The van der Waals surface area contributed by atoms with Crippen molar-refractivity contribution in [1.29, 1.82) is 5.41 Å². The molecule has 1 aromatic heterocycles. The number of anilines is 3. The number of nitrogens with one attached hydrogen (secondary N) is 1. The first-order valence-electron chi connectivity index (χ1n) is 18.7. The first-order valence-corrected chi connectivity index (χ1v) is 18.7. The molecule has 0 bridgehead atoms. The van der Waals surface area contributed by atoms with Crippen molar-refractivity contribution in [2.45, 2.75) is 0 Å². The molecule has 0 unspecified atom stereocenters. The Kier molecular flexibility index (Phi) is 7.25. The first kappa shape index (κ1) is 31.9. The van der Waals surface area contributed by atoms with Crippen molar-refractivity contribution in [3.8, 4) is 11.1 Å². The number of aliphatic imine (C=N–C) groups is 2. The van der Waals surface area contributed by atoms with Crippen molar-refractivity contribution in [2.24, 2.45) is 9.98 Å². The molecule has 5 nitrogen and oxygen atoms in total. The van der Waals surface area contributed by atoms with Crippen molar-refractivity contribution >= 4 is 89.2 Å². The van der Waals surface area contributed by atoms with E-state index in [1.165, 1.54) is 32.7 Å². The second-order valence-electron chi connectivity index (χ2n) is 14.2. The average molecular weight is 717 g/mol. The van der Waals surface area contributed by atoms with E-state index in [0.29, 0.717) is 11.4 Å². The minimum Gasteiger partial charge on any atom is -0.456 e. The molecule has 1 aliphatic heterocycles. The van der Waals surface area contributed by atoms with E-state index in [1.54, 1.807) is 0 Å². The Bertz CT molecular complexity index is 3280. The maximum atomic E-state index is 9.07. The number of hydrogen-bond donors (Lipinski definition) is 1. The molecule has 2 heterocycles. The molecular formula is C51H32N4O. The van der Waals surface area contributed by atoms with Crippen LogP contribution in [0.5, 0.6) is 0 Å². The van der Waals surface area contributed by atoms with Crippen molar-refractivity contribution in [3.63, 3.8) is 0 Å². The summed E-state index contributed by atoms with van der Waals surface area (Å²) in [6.07, 6.45) is 1.82. The fraction of sp³-hybridized carbons (Fsp3) is 0. The molecule has 262 valence electrons. The lowest BCUT2D eigenvalue weighted by atomic mass is 9.88. The largest absolute Gasteiger partial charge is 0.456 e. The summed E-state index contributed by atoms with van der Waals surface area (Å²) in [6.45, 7) is 0. The molecule has 0 aliphatic carbocycles. The third-order valence-electron chi connectivity index (χ3n) is 10.9. The van der Waals surface area contributed by atoms with Crippen LogP contribution in [0, 0.1) is 5.41 Å². The van der Waals surface area contributed by atoms with E-state index in [9.17, 15) is 0 Å². The van der Waals surface area contributed by atoms with Crippen molar-refractivity contribution in [1.82, 2.24) is 0 Å². The van der Waals surface area contributed by atoms with E-state index in [0.717, 1.165) is 60.9 Å². The number of furan rings is 1. The highest BCUT2D eigenvalue weighted by Gasteiger charge is 2.28. The highest BCUT2D eigenvalue weighted by molar-refractivity contribution is 6.22. The van der Waals surface area contributed by atoms with Gasteiger partial charge in [-0.1, -0.05) is 133 Å². The second kappa shape index (κ2) is 12.8. The van der Waals surface area contributed by atoms with E-state index in [2.05, 4.69) is 126 Å². The molecular weight excluding hydrogens is 685 g/mol. The van der Waals surface area contributed by atoms with Crippen LogP contribution in [0.2, 0.25) is 0 Å². The zero-order valence-corrected chi connectivity index (χ0v) is 30.1. The summed E-state index contributed by atoms with van der Waals surface area (Å²) >= 11 is 0. The number of amidine groups is 2. The smallest absolute Gasteiger partial charge is 0.162 e. The van der Waals surface area contributed by atoms with E-state index in [-0.39, 0.29) is 5.84 Å². The molecule has 0 fully saturated rings. The molecule has 1 N–H and O–H groups in total. The Hall–Kier alpha value is -7.63. The Labute approximate surface area is 322 Å². The lowest BCUT2D eigenvalue weighted by Gasteiger charge is -2.34. The SMILES string of the molecule is N=C(N=C(N=Cc1ccc2c(c1)oc1ccccc12)c1ccc(N2c3cc4ccccc4cc3-c3cccc4cccc2c34)c2ccccc12)c1ccccc1. The molecule has 11 rings (SSSR count). The van der Waals surface area contributed by atoms with Crippen molar-refractivity contribution < 1.29 is 4.42 Å². The van der Waals surface area contributed by atoms with Crippen LogP contribution < -0.4 is 4.90 Å². The summed E-state index contributed by atoms with van der Waals surface area (Å²) < 4.78 is 6.20. The normalized spacial score (nSPS) is 12.7. The van der Waals surface area contributed by atoms with E-state index >= 15 is 0 Å². The molecule has 0 atom stereocenters. The monoisotopic (exact) mass is 716 g/mol. The average Bonchev–Trinajstić information content (AvgIpc) is 3.63. The van der Waals surface area contributed by atoms with Crippen LogP contribution in [0.25, 0.3) is 65.4 Å².